The number of Topliss-reactive ketones (excluding diaryl/α,β-unsaturated/α-hetero) is 1. The number of carbonyl (C=O) groups is 1. The van der Waals surface area contributed by atoms with Crippen molar-refractivity contribution in [3.63, 3.8) is 0 Å². The number of carbonyl (C=O) groups excluding carboxylic acids is 1. The zero-order valence-corrected chi connectivity index (χ0v) is 13.1. The fourth-order valence-corrected chi connectivity index (χ4v) is 3.03. The Bertz CT molecular complexity index is 855. The first-order chi connectivity index (χ1) is 11.8. The van der Waals surface area contributed by atoms with E-state index < -0.39 is 0 Å². The third-order valence-corrected chi connectivity index (χ3v) is 4.38. The number of fused-ring (bicyclic) bond motifs is 1. The highest BCUT2D eigenvalue weighted by atomic mass is 16.5. The second-order valence-electron chi connectivity index (χ2n) is 6.00. The molecule has 0 spiro atoms. The van der Waals surface area contributed by atoms with Gasteiger partial charge in [-0.2, -0.15) is 10.2 Å². The molecule has 0 saturated carbocycles. The van der Waals surface area contributed by atoms with Crippen LogP contribution in [0.3, 0.4) is 0 Å². The molecular formula is C18H17N3O3. The van der Waals surface area contributed by atoms with Gasteiger partial charge < -0.3 is 9.15 Å². The highest BCUT2D eigenvalue weighted by molar-refractivity contribution is 5.86. The van der Waals surface area contributed by atoms with Crippen molar-refractivity contribution in [3.05, 3.63) is 42.5 Å². The van der Waals surface area contributed by atoms with E-state index in [1.807, 2.05) is 24.3 Å². The zero-order valence-electron chi connectivity index (χ0n) is 13.1. The van der Waals surface area contributed by atoms with Crippen molar-refractivity contribution in [1.82, 2.24) is 15.2 Å². The third-order valence-electron chi connectivity index (χ3n) is 4.38. The van der Waals surface area contributed by atoms with Crippen LogP contribution in [0.5, 0.6) is 0 Å². The van der Waals surface area contributed by atoms with Crippen molar-refractivity contribution < 1.29 is 13.9 Å². The molecule has 0 aliphatic carbocycles. The van der Waals surface area contributed by atoms with Crippen molar-refractivity contribution in [2.24, 2.45) is 5.92 Å². The normalized spacial score (nSPS) is 15.7. The fraction of sp³-hybridized carbons (Fsp3) is 0.333. The Morgan fingerprint density at radius 3 is 2.83 bits per heavy atom. The van der Waals surface area contributed by atoms with Gasteiger partial charge in [-0.25, -0.2) is 4.98 Å². The van der Waals surface area contributed by atoms with E-state index in [1.165, 1.54) is 6.39 Å². The summed E-state index contributed by atoms with van der Waals surface area (Å²) >= 11 is 0. The number of ketones is 1. The molecule has 1 fully saturated rings. The summed E-state index contributed by atoms with van der Waals surface area (Å²) in [7, 11) is 0. The lowest BCUT2D eigenvalue weighted by Crippen LogP contribution is -2.25. The van der Waals surface area contributed by atoms with Crippen molar-refractivity contribution in [2.75, 3.05) is 13.2 Å². The Labute approximate surface area is 138 Å². The standard InChI is InChI=1S/C18H17N3O3/c22-17(12-3-5-23-6-4-12)9-15-8-14-7-13(18-10-19-11-24-18)1-2-16(14)21-20-15/h1-2,7-8,10-12H,3-6,9H2. The van der Waals surface area contributed by atoms with Crippen molar-refractivity contribution in [2.45, 2.75) is 19.3 Å². The van der Waals surface area contributed by atoms with E-state index in [1.54, 1.807) is 6.20 Å². The van der Waals surface area contributed by atoms with Crippen LogP contribution in [-0.2, 0) is 16.0 Å². The topological polar surface area (TPSA) is 78.1 Å². The van der Waals surface area contributed by atoms with Crippen LogP contribution in [0.25, 0.3) is 22.2 Å². The Balaban J connectivity index is 1.58. The molecule has 24 heavy (non-hydrogen) atoms. The first-order valence-electron chi connectivity index (χ1n) is 8.05. The highest BCUT2D eigenvalue weighted by Crippen LogP contribution is 2.24. The predicted molar refractivity (Wildman–Crippen MR) is 87.3 cm³/mol. The molecule has 4 rings (SSSR count). The molecule has 2 aromatic heterocycles. The summed E-state index contributed by atoms with van der Waals surface area (Å²) in [5.74, 6) is 1.00. The number of oxazole rings is 1. The quantitative estimate of drug-likeness (QED) is 0.734. The molecule has 122 valence electrons. The molecule has 3 heterocycles. The minimum absolute atomic E-state index is 0.0803. The van der Waals surface area contributed by atoms with E-state index >= 15 is 0 Å². The molecule has 1 aliphatic heterocycles. The van der Waals surface area contributed by atoms with E-state index in [-0.39, 0.29) is 11.7 Å². The SMILES string of the molecule is O=C(Cc1cc2cc(-c3cnco3)ccc2nn1)C1CCOCC1. The molecule has 0 amide bonds. The molecule has 1 aliphatic rings. The van der Waals surface area contributed by atoms with Gasteiger partial charge in [0.05, 0.1) is 23.8 Å². The second-order valence-corrected chi connectivity index (χ2v) is 6.00. The van der Waals surface area contributed by atoms with E-state index in [0.717, 1.165) is 29.3 Å². The van der Waals surface area contributed by atoms with Crippen LogP contribution in [0.15, 0.2) is 41.3 Å². The molecule has 0 bridgehead atoms. The fourth-order valence-electron chi connectivity index (χ4n) is 3.03. The molecule has 1 saturated heterocycles. The van der Waals surface area contributed by atoms with Crippen LogP contribution in [0.1, 0.15) is 18.5 Å². The Morgan fingerprint density at radius 1 is 1.17 bits per heavy atom. The van der Waals surface area contributed by atoms with Crippen LogP contribution in [0.4, 0.5) is 0 Å². The smallest absolute Gasteiger partial charge is 0.181 e. The molecule has 1 aromatic carbocycles. The van der Waals surface area contributed by atoms with E-state index in [2.05, 4.69) is 15.2 Å². The molecule has 6 nitrogen and oxygen atoms in total. The van der Waals surface area contributed by atoms with Crippen LogP contribution in [-0.4, -0.2) is 34.2 Å². The van der Waals surface area contributed by atoms with E-state index in [9.17, 15) is 4.79 Å². The van der Waals surface area contributed by atoms with Crippen LogP contribution >= 0.6 is 0 Å². The first-order valence-corrected chi connectivity index (χ1v) is 8.05. The van der Waals surface area contributed by atoms with Gasteiger partial charge in [0.1, 0.15) is 5.78 Å². The van der Waals surface area contributed by atoms with Gasteiger partial charge in [0, 0.05) is 30.1 Å². The summed E-state index contributed by atoms with van der Waals surface area (Å²) in [6.07, 6.45) is 5.00. The molecule has 6 heteroatoms. The monoisotopic (exact) mass is 323 g/mol. The summed E-state index contributed by atoms with van der Waals surface area (Å²) in [5, 5.41) is 9.36. The highest BCUT2D eigenvalue weighted by Gasteiger charge is 2.22. The number of hydrogen-bond donors (Lipinski definition) is 0. The van der Waals surface area contributed by atoms with Gasteiger partial charge in [0.15, 0.2) is 12.2 Å². The lowest BCUT2D eigenvalue weighted by atomic mass is 9.92. The summed E-state index contributed by atoms with van der Waals surface area (Å²) in [6.45, 7) is 1.33. The molecule has 0 N–H and O–H groups in total. The number of aromatic nitrogens is 3. The van der Waals surface area contributed by atoms with Gasteiger partial charge in [-0.1, -0.05) is 0 Å². The largest absolute Gasteiger partial charge is 0.444 e. The van der Waals surface area contributed by atoms with Gasteiger partial charge in [0.2, 0.25) is 0 Å². The zero-order chi connectivity index (χ0) is 16.4. The average Bonchev–Trinajstić information content (AvgIpc) is 3.16. The number of ether oxygens (including phenoxy) is 1. The Hall–Kier alpha value is -2.60. The van der Waals surface area contributed by atoms with E-state index in [0.29, 0.717) is 31.1 Å². The molecular weight excluding hydrogens is 306 g/mol. The average molecular weight is 323 g/mol. The van der Waals surface area contributed by atoms with Gasteiger partial charge in [-0.3, -0.25) is 4.79 Å². The number of nitrogens with zero attached hydrogens (tertiary/aromatic N) is 3. The summed E-state index contributed by atoms with van der Waals surface area (Å²) in [4.78, 5) is 16.3. The predicted octanol–water partition coefficient (Wildman–Crippen LogP) is 2.82. The van der Waals surface area contributed by atoms with E-state index in [4.69, 9.17) is 9.15 Å². The minimum Gasteiger partial charge on any atom is -0.444 e. The first kappa shape index (κ1) is 15.0. The molecule has 0 unspecified atom stereocenters. The Morgan fingerprint density at radius 2 is 2.04 bits per heavy atom. The van der Waals surface area contributed by atoms with Gasteiger partial charge in [0.25, 0.3) is 0 Å². The van der Waals surface area contributed by atoms with Gasteiger partial charge in [-0.05, 0) is 37.1 Å². The Kier molecular flexibility index (Phi) is 4.04. The lowest BCUT2D eigenvalue weighted by molar-refractivity contribution is -0.125. The van der Waals surface area contributed by atoms with Crippen LogP contribution in [0.2, 0.25) is 0 Å². The maximum absolute atomic E-state index is 12.4. The second kappa shape index (κ2) is 6.49. The third kappa shape index (κ3) is 3.05. The van der Waals surface area contributed by atoms with Gasteiger partial charge in [-0.15, -0.1) is 0 Å². The van der Waals surface area contributed by atoms with Crippen molar-refractivity contribution in [3.8, 4) is 11.3 Å². The summed E-state index contributed by atoms with van der Waals surface area (Å²) in [6, 6.07) is 7.72. The summed E-state index contributed by atoms with van der Waals surface area (Å²) < 4.78 is 10.6. The molecule has 3 aromatic rings. The van der Waals surface area contributed by atoms with Crippen LogP contribution in [0, 0.1) is 5.92 Å². The van der Waals surface area contributed by atoms with Crippen LogP contribution < -0.4 is 0 Å². The minimum atomic E-state index is 0.0803. The molecule has 0 atom stereocenters. The number of rotatable bonds is 4. The number of hydrogen-bond acceptors (Lipinski definition) is 6. The number of benzene rings is 1. The maximum Gasteiger partial charge on any atom is 0.181 e. The summed E-state index contributed by atoms with van der Waals surface area (Å²) in [5.41, 5.74) is 2.42. The molecule has 0 radical (unpaired) electrons. The maximum atomic E-state index is 12.4. The van der Waals surface area contributed by atoms with Gasteiger partial charge >= 0.3 is 0 Å². The van der Waals surface area contributed by atoms with Crippen molar-refractivity contribution in [1.29, 1.82) is 0 Å². The van der Waals surface area contributed by atoms with Crippen molar-refractivity contribution >= 4 is 16.7 Å². The lowest BCUT2D eigenvalue weighted by Gasteiger charge is -2.20.